The van der Waals surface area contributed by atoms with Crippen molar-refractivity contribution in [2.24, 2.45) is 5.73 Å². The Morgan fingerprint density at radius 3 is 2.13 bits per heavy atom. The van der Waals surface area contributed by atoms with Crippen LogP contribution in [0, 0.1) is 12.7 Å². The molecule has 3 aromatic rings. The minimum atomic E-state index is -4.02. The Kier molecular flexibility index (Phi) is 15.6. The molecule has 0 aliphatic heterocycles. The largest absolute Gasteiger partial charge is 0.372 e. The first-order valence-electron chi connectivity index (χ1n) is 15.2. The van der Waals surface area contributed by atoms with Crippen molar-refractivity contribution in [1.82, 2.24) is 15.4 Å². The molecular weight excluding hydrogens is 642 g/mol. The summed E-state index contributed by atoms with van der Waals surface area (Å²) in [5, 5.41) is 4.95. The Morgan fingerprint density at radius 1 is 0.979 bits per heavy atom. The minimum Gasteiger partial charge on any atom is -0.372 e. The molecule has 47 heavy (non-hydrogen) atoms. The number of hydrogen-bond acceptors (Lipinski definition) is 6. The molecule has 3 unspecified atom stereocenters. The summed E-state index contributed by atoms with van der Waals surface area (Å²) in [4.78, 5) is 47.3. The predicted molar refractivity (Wildman–Crippen MR) is 184 cm³/mol. The van der Waals surface area contributed by atoms with E-state index < -0.39 is 47.7 Å². The zero-order valence-corrected chi connectivity index (χ0v) is 29.2. The third kappa shape index (κ3) is 14.3. The van der Waals surface area contributed by atoms with E-state index in [1.165, 1.54) is 24.3 Å². The fourth-order valence-electron chi connectivity index (χ4n) is 4.38. The van der Waals surface area contributed by atoms with E-state index in [4.69, 9.17) is 5.73 Å². The van der Waals surface area contributed by atoms with E-state index in [2.05, 4.69) is 15.4 Å². The average molecular weight is 689 g/mol. The van der Waals surface area contributed by atoms with Gasteiger partial charge in [0.25, 0.3) is 0 Å². The lowest BCUT2D eigenvalue weighted by atomic mass is 9.87. The number of benzene rings is 3. The van der Waals surface area contributed by atoms with Crippen molar-refractivity contribution in [3.8, 4) is 0 Å². The van der Waals surface area contributed by atoms with Gasteiger partial charge in [0.1, 0.15) is 11.9 Å². The van der Waals surface area contributed by atoms with Crippen LogP contribution in [0.15, 0.2) is 83.8 Å². The summed E-state index contributed by atoms with van der Waals surface area (Å²) in [6.07, 6.45) is 0.659. The molecule has 0 saturated carbocycles. The van der Waals surface area contributed by atoms with E-state index in [1.54, 1.807) is 30.3 Å². The van der Waals surface area contributed by atoms with Crippen LogP contribution in [0.25, 0.3) is 0 Å². The third-order valence-electron chi connectivity index (χ3n) is 6.91. The summed E-state index contributed by atoms with van der Waals surface area (Å²) in [5.41, 5.74) is 7.64. The molecule has 0 aliphatic rings. The Balaban J connectivity index is 0.000000833. The van der Waals surface area contributed by atoms with Crippen molar-refractivity contribution in [2.45, 2.75) is 76.0 Å². The second-order valence-electron chi connectivity index (χ2n) is 12.1. The zero-order chi connectivity index (χ0) is 35.2. The SMILES string of the molecule is CCCC(NC(=O)CP(O)C(Cc1ccccc1)NS(=O)(=O)c1ccc(C(C)(C)C)cc1)C(=O)NCC(N)=O.Cc1cccc(F)c1. The third-order valence-corrected chi connectivity index (χ3v) is 10.2. The molecule has 0 saturated heterocycles. The van der Waals surface area contributed by atoms with E-state index >= 15 is 0 Å². The van der Waals surface area contributed by atoms with Gasteiger partial charge in [-0.25, -0.2) is 17.5 Å². The number of amides is 3. The topological polar surface area (TPSA) is 168 Å². The molecule has 0 fully saturated rings. The summed E-state index contributed by atoms with van der Waals surface area (Å²) >= 11 is 0. The highest BCUT2D eigenvalue weighted by atomic mass is 32.2. The van der Waals surface area contributed by atoms with Crippen LogP contribution in [0.2, 0.25) is 0 Å². The van der Waals surface area contributed by atoms with E-state index in [0.717, 1.165) is 16.7 Å². The highest BCUT2D eigenvalue weighted by molar-refractivity contribution is 7.89. The van der Waals surface area contributed by atoms with Crippen LogP contribution in [0.1, 0.15) is 57.2 Å². The van der Waals surface area contributed by atoms with Crippen molar-refractivity contribution in [3.05, 3.63) is 101 Å². The maximum absolute atomic E-state index is 13.3. The highest BCUT2D eigenvalue weighted by Gasteiger charge is 2.30. The van der Waals surface area contributed by atoms with Crippen molar-refractivity contribution in [1.29, 1.82) is 0 Å². The van der Waals surface area contributed by atoms with E-state index in [1.807, 2.05) is 58.9 Å². The molecular formula is C34H46FN4O6PS. The number of primary amides is 1. The molecule has 0 radical (unpaired) electrons. The fourth-order valence-corrected chi connectivity index (χ4v) is 7.39. The van der Waals surface area contributed by atoms with Crippen LogP contribution in [-0.2, 0) is 36.2 Å². The number of nitrogens with two attached hydrogens (primary N) is 1. The number of aryl methyl sites for hydroxylation is 1. The van der Waals surface area contributed by atoms with Gasteiger partial charge in [-0.2, -0.15) is 0 Å². The van der Waals surface area contributed by atoms with Gasteiger partial charge in [0.05, 0.1) is 31.5 Å². The Bertz CT molecular complexity index is 1550. The Hall–Kier alpha value is -3.70. The number of nitrogens with one attached hydrogen (secondary N) is 3. The molecule has 10 nitrogen and oxygen atoms in total. The number of carbonyl (C=O) groups is 3. The van der Waals surface area contributed by atoms with Crippen molar-refractivity contribution < 1.29 is 32.1 Å². The van der Waals surface area contributed by atoms with Crippen LogP contribution in [0.4, 0.5) is 4.39 Å². The molecule has 0 heterocycles. The first-order chi connectivity index (χ1) is 22.0. The first kappa shape index (κ1) is 39.5. The molecule has 0 aliphatic carbocycles. The van der Waals surface area contributed by atoms with Gasteiger partial charge in [-0.3, -0.25) is 14.4 Å². The molecule has 3 atom stereocenters. The van der Waals surface area contributed by atoms with E-state index in [9.17, 15) is 32.1 Å². The first-order valence-corrected chi connectivity index (χ1v) is 18.2. The van der Waals surface area contributed by atoms with Crippen molar-refractivity contribution in [2.75, 3.05) is 12.7 Å². The number of hydrogen-bond donors (Lipinski definition) is 5. The van der Waals surface area contributed by atoms with Crippen molar-refractivity contribution in [3.63, 3.8) is 0 Å². The van der Waals surface area contributed by atoms with Crippen LogP contribution in [0.5, 0.6) is 0 Å². The van der Waals surface area contributed by atoms with Gasteiger partial charge in [0.15, 0.2) is 0 Å². The lowest BCUT2D eigenvalue weighted by Gasteiger charge is -2.25. The van der Waals surface area contributed by atoms with Crippen LogP contribution >= 0.6 is 8.15 Å². The Labute approximate surface area is 278 Å². The number of rotatable bonds is 14. The monoisotopic (exact) mass is 688 g/mol. The van der Waals surface area contributed by atoms with E-state index in [0.29, 0.717) is 12.8 Å². The standard InChI is InChI=1S/C27H39N4O6PS.C7H7F/c1-5-9-22(26(34)29-17-23(28)32)30-24(33)18-38(35)25(16-19-10-7-6-8-11-19)31-39(36,37)21-14-12-20(13-15-21)27(2,3)4;1-6-3-2-4-7(8)5-6/h6-8,10-15,22,25,31,35H,5,9,16-18H2,1-4H3,(H2,28,32)(H,29,34)(H,30,33);2-5H,1H3. The molecule has 3 rings (SSSR count). The quantitative estimate of drug-likeness (QED) is 0.159. The number of carbonyl (C=O) groups excluding carboxylic acids is 3. The lowest BCUT2D eigenvalue weighted by molar-refractivity contribution is -0.129. The summed E-state index contributed by atoms with van der Waals surface area (Å²) in [7, 11) is -6.19. The smallest absolute Gasteiger partial charge is 0.243 e. The maximum Gasteiger partial charge on any atom is 0.243 e. The number of sulfonamides is 1. The molecule has 0 bridgehead atoms. The fraction of sp³-hybridized carbons (Fsp3) is 0.382. The maximum atomic E-state index is 13.3. The summed E-state index contributed by atoms with van der Waals surface area (Å²) < 4.78 is 41.3. The molecule has 13 heteroatoms. The van der Waals surface area contributed by atoms with Gasteiger partial charge in [-0.15, -0.1) is 0 Å². The van der Waals surface area contributed by atoms with Crippen molar-refractivity contribution >= 4 is 35.9 Å². The van der Waals surface area contributed by atoms with Crippen LogP contribution in [0.3, 0.4) is 0 Å². The molecule has 256 valence electrons. The summed E-state index contributed by atoms with van der Waals surface area (Å²) in [5.74, 6) is -3.01. The van der Waals surface area contributed by atoms with Gasteiger partial charge in [-0.1, -0.05) is 88.7 Å². The van der Waals surface area contributed by atoms with Gasteiger partial charge in [0.2, 0.25) is 27.7 Å². The average Bonchev–Trinajstić information content (AvgIpc) is 2.99. The predicted octanol–water partition coefficient (Wildman–Crippen LogP) is 4.24. The molecule has 3 amide bonds. The normalized spacial score (nSPS) is 13.3. The van der Waals surface area contributed by atoms with E-state index in [-0.39, 0.29) is 35.3 Å². The number of halogens is 1. The molecule has 6 N–H and O–H groups in total. The molecule has 3 aromatic carbocycles. The van der Waals surface area contributed by atoms with Gasteiger partial charge in [0, 0.05) is 0 Å². The lowest BCUT2D eigenvalue weighted by Crippen LogP contribution is -2.49. The molecule has 0 aromatic heterocycles. The van der Waals surface area contributed by atoms with Gasteiger partial charge in [-0.05, 0) is 66.1 Å². The van der Waals surface area contributed by atoms with Crippen LogP contribution < -0.4 is 21.1 Å². The minimum absolute atomic E-state index is 0.0514. The Morgan fingerprint density at radius 2 is 1.62 bits per heavy atom. The summed E-state index contributed by atoms with van der Waals surface area (Å²) in [6.45, 7) is 9.42. The summed E-state index contributed by atoms with van der Waals surface area (Å²) in [6, 6.07) is 21.2. The highest BCUT2D eigenvalue weighted by Crippen LogP contribution is 2.37. The van der Waals surface area contributed by atoms with Gasteiger partial charge < -0.3 is 21.3 Å². The van der Waals surface area contributed by atoms with Gasteiger partial charge >= 0.3 is 0 Å². The zero-order valence-electron chi connectivity index (χ0n) is 27.5. The second-order valence-corrected chi connectivity index (χ2v) is 15.6. The second kappa shape index (κ2) is 18.6. The molecule has 0 spiro atoms. The van der Waals surface area contributed by atoms with Crippen LogP contribution in [-0.4, -0.2) is 55.6 Å².